The summed E-state index contributed by atoms with van der Waals surface area (Å²) in [5.41, 5.74) is 3.64. The van der Waals surface area contributed by atoms with Gasteiger partial charge >= 0.3 is 5.69 Å². The van der Waals surface area contributed by atoms with Crippen LogP contribution in [-0.2, 0) is 32.1 Å². The quantitative estimate of drug-likeness (QED) is 0.188. The van der Waals surface area contributed by atoms with E-state index in [1.54, 1.807) is 49.3 Å². The Labute approximate surface area is 259 Å². The number of aromatic nitrogens is 7. The lowest BCUT2D eigenvalue weighted by Gasteiger charge is -2.08. The molecule has 0 amide bonds. The van der Waals surface area contributed by atoms with E-state index in [-0.39, 0.29) is 24.3 Å². The van der Waals surface area contributed by atoms with Crippen molar-refractivity contribution in [3.63, 3.8) is 0 Å². The summed E-state index contributed by atoms with van der Waals surface area (Å²) in [6.07, 6.45) is 3.26. The lowest BCUT2D eigenvalue weighted by atomic mass is 10.1. The van der Waals surface area contributed by atoms with Gasteiger partial charge in [0.05, 0.1) is 12.2 Å². The van der Waals surface area contributed by atoms with Gasteiger partial charge in [-0.1, -0.05) is 40.5 Å². The van der Waals surface area contributed by atoms with Crippen LogP contribution in [-0.4, -0.2) is 39.3 Å². The standard InChI is InChI=1S/C31H24Cl2N8O3/c1-39-27-29(40(2)31(43)41(30(27)42)15-18-13-20-22(32)5-3-7-24(20)35-18)37-28(39)26(17-9-11-34-12-10-17)38-44-16-19-14-21-23(33)6-4-8-25(21)36-19/h3-14,35-36H,15-16H2,1-2H3. The maximum absolute atomic E-state index is 13.8. The van der Waals surface area contributed by atoms with Gasteiger partial charge in [0.2, 0.25) is 0 Å². The second kappa shape index (κ2) is 10.9. The molecule has 0 aliphatic rings. The van der Waals surface area contributed by atoms with Crippen LogP contribution in [0.15, 0.2) is 87.8 Å². The second-order valence-electron chi connectivity index (χ2n) is 10.3. The molecule has 2 aromatic carbocycles. The van der Waals surface area contributed by atoms with Gasteiger partial charge in [0.25, 0.3) is 5.56 Å². The highest BCUT2D eigenvalue weighted by atomic mass is 35.5. The van der Waals surface area contributed by atoms with Gasteiger partial charge in [-0.2, -0.15) is 0 Å². The molecule has 11 nitrogen and oxygen atoms in total. The van der Waals surface area contributed by atoms with Gasteiger partial charge in [0.1, 0.15) is 0 Å². The molecule has 0 atom stereocenters. The van der Waals surface area contributed by atoms with Crippen molar-refractivity contribution < 1.29 is 4.84 Å². The van der Waals surface area contributed by atoms with Gasteiger partial charge < -0.3 is 19.4 Å². The number of fused-ring (bicyclic) bond motifs is 3. The third-order valence-corrected chi connectivity index (χ3v) is 8.22. The van der Waals surface area contributed by atoms with E-state index in [0.717, 1.165) is 27.5 Å². The number of H-pyrrole nitrogens is 2. The summed E-state index contributed by atoms with van der Waals surface area (Å²) in [5, 5.41) is 7.36. The van der Waals surface area contributed by atoms with E-state index in [2.05, 4.69) is 20.1 Å². The number of pyridine rings is 1. The summed E-state index contributed by atoms with van der Waals surface area (Å²) in [6, 6.07) is 18.4. The van der Waals surface area contributed by atoms with Crippen molar-refractivity contribution in [3.8, 4) is 0 Å². The molecule has 7 rings (SSSR count). The summed E-state index contributed by atoms with van der Waals surface area (Å²) in [7, 11) is 3.29. The molecule has 2 N–H and O–H groups in total. The fourth-order valence-electron chi connectivity index (χ4n) is 5.38. The average Bonchev–Trinajstić information content (AvgIpc) is 3.73. The number of halogens is 2. The summed E-state index contributed by atoms with van der Waals surface area (Å²) in [4.78, 5) is 48.4. The Bertz CT molecular complexity index is 2360. The molecule has 0 bridgehead atoms. The molecule has 5 heterocycles. The first-order valence-electron chi connectivity index (χ1n) is 13.6. The molecule has 0 aliphatic heterocycles. The third-order valence-electron chi connectivity index (χ3n) is 7.56. The highest BCUT2D eigenvalue weighted by molar-refractivity contribution is 6.35. The summed E-state index contributed by atoms with van der Waals surface area (Å²) >= 11 is 12.7. The zero-order valence-electron chi connectivity index (χ0n) is 23.5. The Morgan fingerprint density at radius 2 is 1.52 bits per heavy atom. The first-order valence-corrected chi connectivity index (χ1v) is 14.3. The van der Waals surface area contributed by atoms with Crippen LogP contribution in [0.3, 0.4) is 0 Å². The summed E-state index contributed by atoms with van der Waals surface area (Å²) in [6.45, 7) is 0.152. The molecule has 7 aromatic rings. The molecule has 0 aliphatic carbocycles. The van der Waals surface area contributed by atoms with E-state index in [1.165, 1.54) is 9.13 Å². The zero-order valence-corrected chi connectivity index (χ0v) is 25.0. The number of aryl methyl sites for hydroxylation is 2. The molecule has 5 aromatic heterocycles. The van der Waals surface area contributed by atoms with Crippen molar-refractivity contribution in [2.45, 2.75) is 13.2 Å². The SMILES string of the molecule is Cn1c(C(=NOCc2cc3c(Cl)cccc3[nH]2)c2ccncc2)nc2c1c(=O)n(Cc1cc3c(Cl)cccc3[nH]1)c(=O)n2C. The van der Waals surface area contributed by atoms with Crippen LogP contribution >= 0.6 is 23.2 Å². The Balaban J connectivity index is 1.30. The lowest BCUT2D eigenvalue weighted by Crippen LogP contribution is -2.39. The molecule has 44 heavy (non-hydrogen) atoms. The van der Waals surface area contributed by atoms with Gasteiger partial charge in [-0.05, 0) is 48.5 Å². The monoisotopic (exact) mass is 626 g/mol. The third kappa shape index (κ3) is 4.66. The van der Waals surface area contributed by atoms with Crippen LogP contribution in [0, 0.1) is 0 Å². The Morgan fingerprint density at radius 1 is 0.886 bits per heavy atom. The number of benzene rings is 2. The smallest absolute Gasteiger partial charge is 0.332 e. The molecule has 0 radical (unpaired) electrons. The minimum atomic E-state index is -0.506. The van der Waals surface area contributed by atoms with E-state index < -0.39 is 11.2 Å². The number of oxime groups is 1. The van der Waals surface area contributed by atoms with E-state index in [4.69, 9.17) is 33.0 Å². The van der Waals surface area contributed by atoms with E-state index in [0.29, 0.717) is 32.8 Å². The van der Waals surface area contributed by atoms with E-state index >= 15 is 0 Å². The van der Waals surface area contributed by atoms with E-state index in [9.17, 15) is 9.59 Å². The first kappa shape index (κ1) is 27.7. The predicted octanol–water partition coefficient (Wildman–Crippen LogP) is 5.12. The normalized spacial score (nSPS) is 12.1. The molecular formula is C31H24Cl2N8O3. The average molecular weight is 627 g/mol. The van der Waals surface area contributed by atoms with Gasteiger partial charge in [-0.25, -0.2) is 9.78 Å². The lowest BCUT2D eigenvalue weighted by molar-refractivity contribution is 0.128. The van der Waals surface area contributed by atoms with Crippen LogP contribution in [0.5, 0.6) is 0 Å². The topological polar surface area (TPSA) is 128 Å². The molecule has 0 unspecified atom stereocenters. The number of rotatable bonds is 7. The molecule has 0 fully saturated rings. The van der Waals surface area contributed by atoms with Crippen LogP contribution < -0.4 is 11.2 Å². The maximum Gasteiger partial charge on any atom is 0.332 e. The number of imidazole rings is 1. The second-order valence-corrected chi connectivity index (χ2v) is 11.2. The van der Waals surface area contributed by atoms with Crippen molar-refractivity contribution in [2.75, 3.05) is 0 Å². The van der Waals surface area contributed by atoms with Crippen molar-refractivity contribution in [3.05, 3.63) is 127 Å². The largest absolute Gasteiger partial charge is 0.389 e. The molecule has 0 spiro atoms. The summed E-state index contributed by atoms with van der Waals surface area (Å²) < 4.78 is 4.16. The fraction of sp³-hybridized carbons (Fsp3) is 0.129. The van der Waals surface area contributed by atoms with Gasteiger partial charge in [0, 0.05) is 69.6 Å². The number of aromatic amines is 2. The number of nitrogens with one attached hydrogen (secondary N) is 2. The minimum absolute atomic E-state index is 0.0237. The van der Waals surface area contributed by atoms with Crippen molar-refractivity contribution in [2.24, 2.45) is 19.3 Å². The molecule has 0 saturated heterocycles. The molecule has 13 heteroatoms. The Hall–Kier alpha value is -5.13. The van der Waals surface area contributed by atoms with Crippen molar-refractivity contribution in [1.82, 2.24) is 33.6 Å². The maximum atomic E-state index is 13.8. The number of nitrogens with zero attached hydrogens (tertiary/aromatic N) is 6. The minimum Gasteiger partial charge on any atom is -0.389 e. The van der Waals surface area contributed by atoms with Crippen molar-refractivity contribution in [1.29, 1.82) is 0 Å². The van der Waals surface area contributed by atoms with Crippen LogP contribution in [0.1, 0.15) is 22.8 Å². The number of hydrogen-bond donors (Lipinski definition) is 2. The zero-order chi connectivity index (χ0) is 30.5. The van der Waals surface area contributed by atoms with E-state index in [1.807, 2.05) is 42.5 Å². The first-order chi connectivity index (χ1) is 21.3. The number of hydrogen-bond acceptors (Lipinski definition) is 6. The predicted molar refractivity (Wildman–Crippen MR) is 171 cm³/mol. The molecular weight excluding hydrogens is 603 g/mol. The van der Waals surface area contributed by atoms with Crippen LogP contribution in [0.4, 0.5) is 0 Å². The van der Waals surface area contributed by atoms with Gasteiger partial charge in [0.15, 0.2) is 29.3 Å². The molecule has 220 valence electrons. The van der Waals surface area contributed by atoms with Crippen LogP contribution in [0.2, 0.25) is 10.0 Å². The van der Waals surface area contributed by atoms with Crippen LogP contribution in [0.25, 0.3) is 33.0 Å². The van der Waals surface area contributed by atoms with Gasteiger partial charge in [-0.3, -0.25) is 18.9 Å². The Kier molecular flexibility index (Phi) is 6.83. The van der Waals surface area contributed by atoms with Crippen molar-refractivity contribution >= 4 is 61.9 Å². The molecule has 0 saturated carbocycles. The highest BCUT2D eigenvalue weighted by Gasteiger charge is 2.23. The van der Waals surface area contributed by atoms with Gasteiger partial charge in [-0.15, -0.1) is 0 Å². The fourth-order valence-corrected chi connectivity index (χ4v) is 5.84. The Morgan fingerprint density at radius 3 is 2.18 bits per heavy atom. The summed E-state index contributed by atoms with van der Waals surface area (Å²) in [5.74, 6) is 0.341. The highest BCUT2D eigenvalue weighted by Crippen LogP contribution is 2.25.